The zero-order valence-corrected chi connectivity index (χ0v) is 44.8. The van der Waals surface area contributed by atoms with Gasteiger partial charge in [-0.3, -0.25) is 34.1 Å². The highest BCUT2D eigenvalue weighted by atomic mass is 35.5. The van der Waals surface area contributed by atoms with Crippen molar-refractivity contribution in [3.8, 4) is 23.0 Å². The Kier molecular flexibility index (Phi) is 24.8. The third kappa shape index (κ3) is 18.2. The second kappa shape index (κ2) is 30.3. The lowest BCUT2D eigenvalue weighted by molar-refractivity contribution is -0.385. The first-order valence-electron chi connectivity index (χ1n) is 25.7. The van der Waals surface area contributed by atoms with E-state index in [1.165, 1.54) is 25.0 Å². The number of fused-ring (bicyclic) bond motifs is 9. The summed E-state index contributed by atoms with van der Waals surface area (Å²) in [6.07, 6.45) is 0.807. The van der Waals surface area contributed by atoms with Crippen molar-refractivity contribution in [2.75, 3.05) is 7.11 Å². The third-order valence-electron chi connectivity index (χ3n) is 13.0. The monoisotopic (exact) mass is 1100 g/mol. The molecular formula is C53H74ClN7O16. The maximum Gasteiger partial charge on any atom is 0.328 e. The summed E-state index contributed by atoms with van der Waals surface area (Å²) in [5.41, 5.74) is 6.02. The molecule has 3 heterocycles. The molecule has 23 nitrogen and oxygen atoms in total. The van der Waals surface area contributed by atoms with E-state index in [1.807, 2.05) is 13.8 Å². The minimum atomic E-state index is -2.08. The minimum absolute atomic E-state index is 0. The summed E-state index contributed by atoms with van der Waals surface area (Å²) in [6.45, 7) is 6.87. The molecule has 0 saturated carbocycles. The van der Waals surface area contributed by atoms with E-state index in [4.69, 9.17) is 24.7 Å². The second-order valence-electron chi connectivity index (χ2n) is 19.6. The van der Waals surface area contributed by atoms with Crippen molar-refractivity contribution in [2.24, 2.45) is 11.7 Å². The third-order valence-corrected chi connectivity index (χ3v) is 13.0. The van der Waals surface area contributed by atoms with E-state index in [1.54, 1.807) is 30.3 Å². The van der Waals surface area contributed by atoms with E-state index in [-0.39, 0.29) is 60.9 Å². The number of amides is 5. The summed E-state index contributed by atoms with van der Waals surface area (Å²) in [4.78, 5) is 94.3. The Morgan fingerprint density at radius 1 is 0.883 bits per heavy atom. The summed E-state index contributed by atoms with van der Waals surface area (Å²) in [5.74, 6) is -7.35. The fourth-order valence-electron chi connectivity index (χ4n) is 9.05. The molecule has 5 amide bonds. The first-order chi connectivity index (χ1) is 36.2. The number of nitro groups is 1. The lowest BCUT2D eigenvalue weighted by Crippen LogP contribution is -2.65. The number of ether oxygens (including phenoxy) is 4. The van der Waals surface area contributed by atoms with E-state index in [2.05, 4.69) is 33.5 Å². The molecule has 11 N–H and O–H groups in total. The number of aliphatic hydroxyl groups excluding tert-OH is 3. The van der Waals surface area contributed by atoms with Crippen LogP contribution in [0, 0.1) is 16.0 Å². The summed E-state index contributed by atoms with van der Waals surface area (Å²) in [7, 11) is 1.16. The molecule has 77 heavy (non-hydrogen) atoms. The minimum Gasteiger partial charge on any atom is -0.490 e. The fraction of sp³-hybridized carbons (Fsp3) is 0.547. The van der Waals surface area contributed by atoms with Gasteiger partial charge in [0.2, 0.25) is 47.3 Å². The number of nitrogens with zero attached hydrogens (tertiary/aromatic N) is 1. The maximum absolute atomic E-state index is 14.9. The van der Waals surface area contributed by atoms with Gasteiger partial charge >= 0.3 is 11.7 Å². The zero-order valence-electron chi connectivity index (χ0n) is 43.9. The van der Waals surface area contributed by atoms with Gasteiger partial charge in [-0.25, -0.2) is 4.79 Å². The van der Waals surface area contributed by atoms with Crippen LogP contribution in [0.1, 0.15) is 121 Å². The van der Waals surface area contributed by atoms with E-state index in [9.17, 15) is 59.3 Å². The van der Waals surface area contributed by atoms with Gasteiger partial charge < -0.3 is 71.7 Å². The molecular weight excluding hydrogens is 1030 g/mol. The molecule has 0 spiro atoms. The Morgan fingerprint density at radius 2 is 1.55 bits per heavy atom. The van der Waals surface area contributed by atoms with Gasteiger partial charge in [-0.15, -0.1) is 12.4 Å². The first-order valence-corrected chi connectivity index (χ1v) is 25.7. The number of nitrogens with two attached hydrogens (primary N) is 1. The van der Waals surface area contributed by atoms with Crippen molar-refractivity contribution >= 4 is 53.6 Å². The topological polar surface area (TPSA) is 350 Å². The van der Waals surface area contributed by atoms with Gasteiger partial charge in [-0.2, -0.15) is 0 Å². The quantitative estimate of drug-likeness (QED) is 0.0345. The molecule has 24 heteroatoms. The molecule has 424 valence electrons. The predicted molar refractivity (Wildman–Crippen MR) is 282 cm³/mol. The molecule has 4 bridgehead atoms. The second-order valence-corrected chi connectivity index (χ2v) is 19.6. The van der Waals surface area contributed by atoms with Crippen molar-refractivity contribution in [2.45, 2.75) is 172 Å². The van der Waals surface area contributed by atoms with Crippen LogP contribution in [-0.4, -0.2) is 123 Å². The highest BCUT2D eigenvalue weighted by molar-refractivity contribution is 5.94. The first kappa shape index (κ1) is 62.9. The van der Waals surface area contributed by atoms with Crippen LogP contribution in [0.4, 0.5) is 5.69 Å². The molecule has 3 aliphatic heterocycles. The summed E-state index contributed by atoms with van der Waals surface area (Å²) in [6, 6.07) is 4.94. The van der Waals surface area contributed by atoms with E-state index >= 15 is 0 Å². The number of unbranched alkanes of at least 4 members (excludes halogenated alkanes) is 8. The standard InChI is InChI=1S/C53H73N7O16.ClH/c1-6-7-8-9-10-11-12-13-17-20-41(62)58-44-45(63)46(64)52(70)76-53(44)75-40-28-33-27-39(47(40)73-5)74-38-22-21-32(26-37(38)60(71)72)25-36(56-48(65)34(54)23-29(2)3)49(66)57-35(24-31-18-15-14-16-19-31)50(67)59-42(33)43(51(68)69)55-30(4)61;/h14-16,18-19,21-22,26-29,34-36,42-46,52-53,63-64,70H,6-13,17,20,23-25,54H2,1-5H3,(H,55,61)(H,56,65)(H,57,66)(H,58,62)(H,59,67)(H,68,69);1H/t34-,35+,36-,42?,43-,44?,45?,46?,52?,53?;/m1./s1. The Bertz CT molecular complexity index is 2490. The highest BCUT2D eigenvalue weighted by Crippen LogP contribution is 2.45. The van der Waals surface area contributed by atoms with Crippen molar-refractivity contribution < 1.29 is 73.1 Å². The van der Waals surface area contributed by atoms with Crippen molar-refractivity contribution in [1.29, 1.82) is 0 Å². The van der Waals surface area contributed by atoms with Crippen LogP contribution in [0.5, 0.6) is 23.0 Å². The van der Waals surface area contributed by atoms with Crippen molar-refractivity contribution in [1.82, 2.24) is 26.6 Å². The largest absolute Gasteiger partial charge is 0.490 e. The van der Waals surface area contributed by atoms with Crippen LogP contribution in [0.2, 0.25) is 0 Å². The normalized spacial score (nSPS) is 22.2. The Morgan fingerprint density at radius 3 is 2.16 bits per heavy atom. The number of hydrogen-bond acceptors (Lipinski definition) is 16. The van der Waals surface area contributed by atoms with Crippen molar-refractivity contribution in [3.05, 3.63) is 87.5 Å². The molecule has 6 rings (SSSR count). The van der Waals surface area contributed by atoms with Crippen LogP contribution in [0.15, 0.2) is 60.7 Å². The zero-order chi connectivity index (χ0) is 55.6. The molecule has 1 fully saturated rings. The van der Waals surface area contributed by atoms with E-state index < -0.39 is 124 Å². The molecule has 0 aromatic heterocycles. The number of hydrogen-bond donors (Lipinski definition) is 10. The Hall–Kier alpha value is -6.63. The average Bonchev–Trinajstić information content (AvgIpc) is 3.36. The van der Waals surface area contributed by atoms with Crippen LogP contribution in [0.3, 0.4) is 0 Å². The molecule has 3 aromatic carbocycles. The molecule has 1 saturated heterocycles. The summed E-state index contributed by atoms with van der Waals surface area (Å²) < 4.78 is 23.9. The number of carbonyl (C=O) groups is 6. The van der Waals surface area contributed by atoms with Gasteiger partial charge in [-0.05, 0) is 53.6 Å². The molecule has 0 radical (unpaired) electrons. The molecule has 3 aromatic rings. The van der Waals surface area contributed by atoms with E-state index in [0.717, 1.165) is 70.8 Å². The number of carboxylic acid groups (broad SMARTS) is 1. The lowest BCUT2D eigenvalue weighted by Gasteiger charge is -2.41. The number of methoxy groups -OCH3 is 1. The summed E-state index contributed by atoms with van der Waals surface area (Å²) >= 11 is 0. The van der Waals surface area contributed by atoms with Crippen LogP contribution in [-0.2, 0) is 46.3 Å². The van der Waals surface area contributed by atoms with Gasteiger partial charge in [-0.1, -0.05) is 109 Å². The van der Waals surface area contributed by atoms with Crippen LogP contribution in [0.25, 0.3) is 0 Å². The molecule has 6 unspecified atom stereocenters. The number of carbonyl (C=O) groups excluding carboxylic acids is 5. The number of aliphatic carboxylic acids is 1. The van der Waals surface area contributed by atoms with Gasteiger partial charge in [0.1, 0.15) is 30.3 Å². The Balaban J connectivity index is 0.0000128. The number of carboxylic acids is 1. The average molecular weight is 1100 g/mol. The number of rotatable bonds is 24. The SMILES string of the molecule is CCCCCCCCCCCC(=O)NC1C(Oc2cc3cc(c2OC)Oc2ccc(cc2[N+](=O)[O-])C[C@@H](NC(=O)[C@H](N)CC(C)C)C(=O)N[C@@H](Cc2ccccc2)C(=O)NC3[C@@H](NC(C)=O)C(=O)O)OC(O)C(O)C1O.Cl. The number of nitrogens with one attached hydrogen (secondary N) is 5. The number of halogens is 1. The van der Waals surface area contributed by atoms with Gasteiger partial charge in [0.15, 0.2) is 23.8 Å². The fourth-order valence-corrected chi connectivity index (χ4v) is 9.05. The van der Waals surface area contributed by atoms with Crippen LogP contribution >= 0.6 is 12.4 Å². The number of aliphatic hydroxyl groups is 3. The lowest BCUT2D eigenvalue weighted by atomic mass is 9.96. The van der Waals surface area contributed by atoms with Gasteiger partial charge in [0.25, 0.3) is 0 Å². The van der Waals surface area contributed by atoms with Gasteiger partial charge in [0, 0.05) is 32.3 Å². The smallest absolute Gasteiger partial charge is 0.328 e. The molecule has 0 aliphatic carbocycles. The van der Waals surface area contributed by atoms with Crippen LogP contribution < -0.4 is 46.5 Å². The highest BCUT2D eigenvalue weighted by Gasteiger charge is 2.47. The number of nitro benzene ring substituents is 1. The molecule has 3 aliphatic rings. The van der Waals surface area contributed by atoms with E-state index in [0.29, 0.717) is 12.0 Å². The summed E-state index contributed by atoms with van der Waals surface area (Å²) in [5, 5.41) is 69.3. The number of benzene rings is 3. The predicted octanol–water partition coefficient (Wildman–Crippen LogP) is 3.89. The molecule has 10 atom stereocenters. The van der Waals surface area contributed by atoms with Crippen molar-refractivity contribution in [3.63, 3.8) is 0 Å². The maximum atomic E-state index is 14.9. The van der Waals surface area contributed by atoms with Gasteiger partial charge in [0.05, 0.1) is 24.1 Å². The Labute approximate surface area is 453 Å².